The number of rotatable bonds is 9. The van der Waals surface area contributed by atoms with Gasteiger partial charge in [0.15, 0.2) is 0 Å². The normalized spacial score (nSPS) is 11.4. The van der Waals surface area contributed by atoms with Crippen molar-refractivity contribution in [3.63, 3.8) is 0 Å². The molecule has 0 atom stereocenters. The van der Waals surface area contributed by atoms with Gasteiger partial charge in [-0.05, 0) is 58.2 Å². The second-order valence-electron chi connectivity index (χ2n) is 9.81. The van der Waals surface area contributed by atoms with E-state index in [1.807, 2.05) is 66.7 Å². The lowest BCUT2D eigenvalue weighted by Gasteiger charge is -2.09. The zero-order chi connectivity index (χ0) is 27.3. The number of benzene rings is 5. The highest BCUT2D eigenvalue weighted by molar-refractivity contribution is 6.01. The number of fused-ring (bicyclic) bond motifs is 2. The summed E-state index contributed by atoms with van der Waals surface area (Å²) < 4.78 is 6.11. The van der Waals surface area contributed by atoms with Crippen LogP contribution in [0.3, 0.4) is 0 Å². The molecule has 5 aromatic carbocycles. The highest BCUT2D eigenvalue weighted by atomic mass is 16.5. The fourth-order valence-electron chi connectivity index (χ4n) is 5.27. The Morgan fingerprint density at radius 2 is 1.48 bits per heavy atom. The molecule has 0 saturated heterocycles. The van der Waals surface area contributed by atoms with E-state index < -0.39 is 5.97 Å². The monoisotopic (exact) mass is 523 g/mol. The first-order chi connectivity index (χ1) is 19.7. The van der Waals surface area contributed by atoms with Gasteiger partial charge in [-0.15, -0.1) is 0 Å². The number of ether oxygens (including phenoxy) is 1. The van der Waals surface area contributed by atoms with E-state index in [0.29, 0.717) is 19.4 Å². The number of hydrogen-bond donors (Lipinski definition) is 2. The van der Waals surface area contributed by atoms with Crippen molar-refractivity contribution in [3.8, 4) is 16.9 Å². The van der Waals surface area contributed by atoms with Crippen LogP contribution >= 0.6 is 0 Å². The number of hydrogen-bond acceptors (Lipinski definition) is 2. The summed E-state index contributed by atoms with van der Waals surface area (Å²) in [6.45, 7) is 0.497. The maximum atomic E-state index is 12.2. The maximum absolute atomic E-state index is 12.2. The predicted octanol–water partition coefficient (Wildman–Crippen LogP) is 8.87. The second kappa shape index (κ2) is 11.3. The molecule has 40 heavy (non-hydrogen) atoms. The lowest BCUT2D eigenvalue weighted by atomic mass is 10.0. The zero-order valence-corrected chi connectivity index (χ0v) is 22.0. The van der Waals surface area contributed by atoms with E-state index >= 15 is 0 Å². The third-order valence-electron chi connectivity index (χ3n) is 7.21. The van der Waals surface area contributed by atoms with Crippen molar-refractivity contribution in [1.82, 2.24) is 4.98 Å². The van der Waals surface area contributed by atoms with Crippen LogP contribution in [0.2, 0.25) is 0 Å². The first kappa shape index (κ1) is 25.2. The number of aryl methyl sites for hydroxylation is 1. The fourth-order valence-corrected chi connectivity index (χ4v) is 5.27. The smallest absolute Gasteiger partial charge is 0.352 e. The summed E-state index contributed by atoms with van der Waals surface area (Å²) in [5, 5.41) is 13.1. The van der Waals surface area contributed by atoms with Gasteiger partial charge in [0.2, 0.25) is 0 Å². The molecule has 4 nitrogen and oxygen atoms in total. The largest absolute Gasteiger partial charge is 0.493 e. The molecule has 0 aliphatic heterocycles. The molecule has 0 bridgehead atoms. The van der Waals surface area contributed by atoms with E-state index in [-0.39, 0.29) is 5.69 Å². The van der Waals surface area contributed by atoms with Crippen molar-refractivity contribution < 1.29 is 14.6 Å². The van der Waals surface area contributed by atoms with Crippen LogP contribution in [0.5, 0.6) is 5.75 Å². The average Bonchev–Trinajstić information content (AvgIpc) is 3.38. The van der Waals surface area contributed by atoms with Crippen LogP contribution in [-0.2, 0) is 6.42 Å². The van der Waals surface area contributed by atoms with Gasteiger partial charge in [0.05, 0.1) is 12.1 Å². The predicted molar refractivity (Wildman–Crippen MR) is 164 cm³/mol. The topological polar surface area (TPSA) is 62.3 Å². The van der Waals surface area contributed by atoms with E-state index in [0.717, 1.165) is 49.7 Å². The lowest BCUT2D eigenvalue weighted by Crippen LogP contribution is -2.04. The number of nitrogens with one attached hydrogen (secondary N) is 1. The molecule has 0 aliphatic rings. The van der Waals surface area contributed by atoms with Crippen LogP contribution in [0.4, 0.5) is 0 Å². The molecule has 0 radical (unpaired) electrons. The van der Waals surface area contributed by atoms with Crippen LogP contribution in [0.25, 0.3) is 45.0 Å². The lowest BCUT2D eigenvalue weighted by molar-refractivity contribution is 0.0690. The molecular formula is C36H29NO3. The van der Waals surface area contributed by atoms with Gasteiger partial charge in [0.1, 0.15) is 11.4 Å². The Morgan fingerprint density at radius 3 is 2.35 bits per heavy atom. The van der Waals surface area contributed by atoms with Gasteiger partial charge in [0, 0.05) is 10.8 Å². The molecule has 196 valence electrons. The van der Waals surface area contributed by atoms with E-state index in [2.05, 4.69) is 65.7 Å². The molecule has 1 aromatic heterocycles. The maximum Gasteiger partial charge on any atom is 0.352 e. The van der Waals surface area contributed by atoms with E-state index in [1.54, 1.807) is 0 Å². The standard InChI is InChI=1S/C36H29NO3/c38-36(39)35-32(19-9-23-40-33-20-8-14-27-13-4-5-17-30(27)33)31-18-7-15-28(34(31)37-35)22-21-25-10-6-16-29(24-25)26-11-2-1-3-12-26/h1-8,10-18,20-22,24,37H,9,19,23H2,(H,38,39)/b22-21+. The minimum absolute atomic E-state index is 0.243. The summed E-state index contributed by atoms with van der Waals surface area (Å²) in [6.07, 6.45) is 5.41. The number of aromatic nitrogens is 1. The SMILES string of the molecule is O=C(O)c1[nH]c2c(/C=C/c3cccc(-c4ccccc4)c3)cccc2c1CCCOc1cccc2ccccc12. The Kier molecular flexibility index (Phi) is 7.14. The van der Waals surface area contributed by atoms with Crippen molar-refractivity contribution in [3.05, 3.63) is 138 Å². The Labute approximate surface area is 233 Å². The molecule has 0 saturated carbocycles. The number of carboxylic acids is 1. The van der Waals surface area contributed by atoms with Crippen LogP contribution in [0.1, 0.15) is 33.6 Å². The summed E-state index contributed by atoms with van der Waals surface area (Å²) in [7, 11) is 0. The van der Waals surface area contributed by atoms with Crippen LogP contribution < -0.4 is 4.74 Å². The van der Waals surface area contributed by atoms with Gasteiger partial charge >= 0.3 is 5.97 Å². The number of carboxylic acid groups (broad SMARTS) is 1. The Morgan fingerprint density at radius 1 is 0.750 bits per heavy atom. The first-order valence-electron chi connectivity index (χ1n) is 13.5. The Hall–Kier alpha value is -5.09. The number of H-pyrrole nitrogens is 1. The quantitative estimate of drug-likeness (QED) is 0.147. The van der Waals surface area contributed by atoms with Gasteiger partial charge < -0.3 is 14.8 Å². The Bertz CT molecular complexity index is 1830. The summed E-state index contributed by atoms with van der Waals surface area (Å²) in [5.41, 5.74) is 6.24. The number of carbonyl (C=O) groups is 1. The van der Waals surface area contributed by atoms with Crippen molar-refractivity contribution >= 4 is 39.8 Å². The van der Waals surface area contributed by atoms with Crippen molar-refractivity contribution in [1.29, 1.82) is 0 Å². The summed E-state index contributed by atoms with van der Waals surface area (Å²) >= 11 is 0. The van der Waals surface area contributed by atoms with E-state index in [1.165, 1.54) is 5.56 Å². The van der Waals surface area contributed by atoms with Gasteiger partial charge in [-0.3, -0.25) is 0 Å². The number of aromatic carboxylic acids is 1. The highest BCUT2D eigenvalue weighted by Crippen LogP contribution is 2.29. The highest BCUT2D eigenvalue weighted by Gasteiger charge is 2.18. The Balaban J connectivity index is 1.22. The van der Waals surface area contributed by atoms with Gasteiger partial charge in [0.25, 0.3) is 0 Å². The molecule has 4 heteroatoms. The van der Waals surface area contributed by atoms with Crippen molar-refractivity contribution in [2.75, 3.05) is 6.61 Å². The molecular weight excluding hydrogens is 494 g/mol. The van der Waals surface area contributed by atoms with Crippen molar-refractivity contribution in [2.24, 2.45) is 0 Å². The molecule has 6 rings (SSSR count). The van der Waals surface area contributed by atoms with E-state index in [9.17, 15) is 9.90 Å². The summed E-state index contributed by atoms with van der Waals surface area (Å²) in [6, 6.07) is 38.9. The molecule has 0 unspecified atom stereocenters. The number of para-hydroxylation sites is 1. The van der Waals surface area contributed by atoms with Crippen molar-refractivity contribution in [2.45, 2.75) is 12.8 Å². The van der Waals surface area contributed by atoms with Crippen LogP contribution in [0, 0.1) is 0 Å². The molecule has 0 aliphatic carbocycles. The summed E-state index contributed by atoms with van der Waals surface area (Å²) in [4.78, 5) is 15.4. The molecule has 6 aromatic rings. The third kappa shape index (κ3) is 5.25. The molecule has 0 amide bonds. The molecule has 0 fully saturated rings. The zero-order valence-electron chi connectivity index (χ0n) is 22.0. The fraction of sp³-hybridized carbons (Fsp3) is 0.0833. The molecule has 2 N–H and O–H groups in total. The number of aromatic amines is 1. The van der Waals surface area contributed by atoms with Crippen LogP contribution in [0.15, 0.2) is 115 Å². The second-order valence-corrected chi connectivity index (χ2v) is 9.81. The molecule has 1 heterocycles. The first-order valence-corrected chi connectivity index (χ1v) is 13.5. The minimum atomic E-state index is -0.952. The van der Waals surface area contributed by atoms with E-state index in [4.69, 9.17) is 4.74 Å². The van der Waals surface area contributed by atoms with Gasteiger partial charge in [-0.2, -0.15) is 0 Å². The average molecular weight is 524 g/mol. The van der Waals surface area contributed by atoms with Gasteiger partial charge in [-0.1, -0.05) is 115 Å². The minimum Gasteiger partial charge on any atom is -0.493 e. The summed E-state index contributed by atoms with van der Waals surface area (Å²) in [5.74, 6) is -0.106. The van der Waals surface area contributed by atoms with Crippen LogP contribution in [-0.4, -0.2) is 22.7 Å². The third-order valence-corrected chi connectivity index (χ3v) is 7.21. The van der Waals surface area contributed by atoms with Gasteiger partial charge in [-0.25, -0.2) is 4.79 Å². The molecule has 0 spiro atoms.